The highest BCUT2D eigenvalue weighted by atomic mass is 14.3. The second kappa shape index (κ2) is 5.52. The van der Waals surface area contributed by atoms with Gasteiger partial charge >= 0.3 is 0 Å². The maximum Gasteiger partial charge on any atom is -0.00136 e. The molecule has 0 nitrogen and oxygen atoms in total. The minimum atomic E-state index is 0.792. The van der Waals surface area contributed by atoms with E-state index in [1.807, 2.05) is 0 Å². The van der Waals surface area contributed by atoms with E-state index in [1.165, 1.54) is 54.4 Å². The van der Waals surface area contributed by atoms with Crippen LogP contribution in [0.5, 0.6) is 0 Å². The summed E-state index contributed by atoms with van der Waals surface area (Å²) in [6, 6.07) is 17.8. The molecule has 106 valence electrons. The largest absolute Gasteiger partial charge is 0.0622 e. The Hall–Kier alpha value is -1.82. The Morgan fingerprint density at radius 3 is 2.38 bits per heavy atom. The van der Waals surface area contributed by atoms with Crippen molar-refractivity contribution in [1.29, 1.82) is 0 Å². The maximum absolute atomic E-state index is 2.45. The van der Waals surface area contributed by atoms with Crippen LogP contribution in [0.2, 0.25) is 0 Å². The van der Waals surface area contributed by atoms with E-state index in [2.05, 4.69) is 54.6 Å². The molecule has 2 aliphatic carbocycles. The Labute approximate surface area is 127 Å². The number of hydrogen-bond acceptors (Lipinski definition) is 0. The van der Waals surface area contributed by atoms with Crippen molar-refractivity contribution in [2.45, 2.75) is 44.4 Å². The zero-order chi connectivity index (χ0) is 14.1. The third-order valence-corrected chi connectivity index (χ3v) is 5.12. The molecule has 0 aliphatic heterocycles. The van der Waals surface area contributed by atoms with Gasteiger partial charge in [-0.2, -0.15) is 0 Å². The maximum atomic E-state index is 2.45. The normalized spacial score (nSPS) is 18.4. The van der Waals surface area contributed by atoms with Gasteiger partial charge in [-0.3, -0.25) is 0 Å². The van der Waals surface area contributed by atoms with Crippen LogP contribution in [0.4, 0.5) is 0 Å². The molecule has 0 heteroatoms. The van der Waals surface area contributed by atoms with Crippen LogP contribution in [0.1, 0.15) is 60.3 Å². The van der Waals surface area contributed by atoms with Crippen LogP contribution < -0.4 is 0 Å². The number of allylic oxidation sites excluding steroid dienone is 1. The Kier molecular flexibility index (Phi) is 3.39. The molecule has 0 atom stereocenters. The van der Waals surface area contributed by atoms with E-state index in [4.69, 9.17) is 0 Å². The highest BCUT2D eigenvalue weighted by Crippen LogP contribution is 2.40. The Morgan fingerprint density at radius 1 is 0.762 bits per heavy atom. The summed E-state index contributed by atoms with van der Waals surface area (Å²) >= 11 is 0. The zero-order valence-electron chi connectivity index (χ0n) is 12.5. The summed E-state index contributed by atoms with van der Waals surface area (Å²) in [4.78, 5) is 0. The Morgan fingerprint density at radius 2 is 1.57 bits per heavy atom. The lowest BCUT2D eigenvalue weighted by atomic mass is 9.81. The highest BCUT2D eigenvalue weighted by Gasteiger charge is 2.22. The number of rotatable bonds is 2. The SMILES string of the molecule is C1=C(c2ccccc2)Cc2cccc(C3CCCCC3)c21. The van der Waals surface area contributed by atoms with Crippen molar-refractivity contribution >= 4 is 11.6 Å². The van der Waals surface area contributed by atoms with Gasteiger partial charge in [0.05, 0.1) is 0 Å². The summed E-state index contributed by atoms with van der Waals surface area (Å²) in [6.07, 6.45) is 10.5. The fraction of sp³-hybridized carbons (Fsp3) is 0.333. The van der Waals surface area contributed by atoms with Crippen molar-refractivity contribution in [3.05, 3.63) is 70.8 Å². The van der Waals surface area contributed by atoms with Gasteiger partial charge in [0, 0.05) is 0 Å². The van der Waals surface area contributed by atoms with Gasteiger partial charge in [-0.1, -0.05) is 73.9 Å². The molecule has 0 amide bonds. The van der Waals surface area contributed by atoms with Crippen LogP contribution in [0.3, 0.4) is 0 Å². The van der Waals surface area contributed by atoms with Crippen LogP contribution in [0, 0.1) is 0 Å². The van der Waals surface area contributed by atoms with Crippen LogP contribution in [-0.4, -0.2) is 0 Å². The molecular weight excluding hydrogens is 252 g/mol. The van der Waals surface area contributed by atoms with Crippen molar-refractivity contribution in [2.75, 3.05) is 0 Å². The predicted octanol–water partition coefficient (Wildman–Crippen LogP) is 5.83. The van der Waals surface area contributed by atoms with Gasteiger partial charge in [0.1, 0.15) is 0 Å². The lowest BCUT2D eigenvalue weighted by molar-refractivity contribution is 0.443. The molecule has 0 heterocycles. The van der Waals surface area contributed by atoms with Gasteiger partial charge in [0.25, 0.3) is 0 Å². The van der Waals surface area contributed by atoms with Crippen molar-refractivity contribution in [3.8, 4) is 0 Å². The summed E-state index contributed by atoms with van der Waals surface area (Å²) in [5.74, 6) is 0.792. The van der Waals surface area contributed by atoms with E-state index in [-0.39, 0.29) is 0 Å². The van der Waals surface area contributed by atoms with Crippen LogP contribution in [0.15, 0.2) is 48.5 Å². The smallest absolute Gasteiger partial charge is 0.00136 e. The fourth-order valence-corrected chi connectivity index (χ4v) is 4.00. The molecule has 0 N–H and O–H groups in total. The van der Waals surface area contributed by atoms with E-state index in [0.717, 1.165) is 12.3 Å². The van der Waals surface area contributed by atoms with Gasteiger partial charge < -0.3 is 0 Å². The Balaban J connectivity index is 1.71. The molecule has 21 heavy (non-hydrogen) atoms. The van der Waals surface area contributed by atoms with Gasteiger partial charge in [-0.25, -0.2) is 0 Å². The van der Waals surface area contributed by atoms with E-state index in [1.54, 1.807) is 5.56 Å². The van der Waals surface area contributed by atoms with Gasteiger partial charge in [-0.15, -0.1) is 0 Å². The number of benzene rings is 2. The quantitative estimate of drug-likeness (QED) is 0.646. The second-order valence-corrected chi connectivity index (χ2v) is 6.47. The first-order valence-corrected chi connectivity index (χ1v) is 8.29. The minimum absolute atomic E-state index is 0.792. The van der Waals surface area contributed by atoms with Crippen LogP contribution >= 0.6 is 0 Å². The predicted molar refractivity (Wildman–Crippen MR) is 90.3 cm³/mol. The average Bonchev–Trinajstić information content (AvgIpc) is 3.00. The molecule has 2 aromatic rings. The molecule has 0 saturated heterocycles. The molecule has 0 spiro atoms. The van der Waals surface area contributed by atoms with Crippen LogP contribution in [0.25, 0.3) is 11.6 Å². The zero-order valence-corrected chi connectivity index (χ0v) is 12.5. The van der Waals surface area contributed by atoms with Gasteiger partial charge in [0.15, 0.2) is 0 Å². The second-order valence-electron chi connectivity index (χ2n) is 6.47. The number of fused-ring (bicyclic) bond motifs is 1. The molecule has 0 unspecified atom stereocenters. The lowest BCUT2D eigenvalue weighted by Gasteiger charge is -2.23. The molecule has 2 aromatic carbocycles. The first-order chi connectivity index (χ1) is 10.4. The topological polar surface area (TPSA) is 0 Å². The summed E-state index contributed by atoms with van der Waals surface area (Å²) in [5, 5.41) is 0. The van der Waals surface area contributed by atoms with Crippen molar-refractivity contribution in [2.24, 2.45) is 0 Å². The molecule has 1 saturated carbocycles. The highest BCUT2D eigenvalue weighted by molar-refractivity contribution is 5.89. The monoisotopic (exact) mass is 274 g/mol. The summed E-state index contributed by atoms with van der Waals surface area (Å²) in [7, 11) is 0. The van der Waals surface area contributed by atoms with Crippen molar-refractivity contribution in [1.82, 2.24) is 0 Å². The lowest BCUT2D eigenvalue weighted by Crippen LogP contribution is -2.06. The molecular formula is C21H22. The van der Waals surface area contributed by atoms with E-state index >= 15 is 0 Å². The van der Waals surface area contributed by atoms with E-state index < -0.39 is 0 Å². The third-order valence-electron chi connectivity index (χ3n) is 5.12. The molecule has 0 radical (unpaired) electrons. The van der Waals surface area contributed by atoms with Gasteiger partial charge in [0.2, 0.25) is 0 Å². The summed E-state index contributed by atoms with van der Waals surface area (Å²) in [5.41, 5.74) is 7.52. The van der Waals surface area contributed by atoms with Gasteiger partial charge in [-0.05, 0) is 53.0 Å². The third kappa shape index (κ3) is 2.44. The standard InChI is InChI=1S/C21H22/c1-3-8-16(9-4-1)19-14-18-12-7-13-20(21(18)15-19)17-10-5-2-6-11-17/h1,3-4,7-9,12-13,15,17H,2,5-6,10-11,14H2. The minimum Gasteiger partial charge on any atom is -0.0622 e. The molecule has 0 aromatic heterocycles. The Bertz CT molecular complexity index is 658. The van der Waals surface area contributed by atoms with Crippen molar-refractivity contribution < 1.29 is 0 Å². The average molecular weight is 274 g/mol. The fourth-order valence-electron chi connectivity index (χ4n) is 4.00. The summed E-state index contributed by atoms with van der Waals surface area (Å²) < 4.78 is 0. The van der Waals surface area contributed by atoms with E-state index in [0.29, 0.717) is 0 Å². The van der Waals surface area contributed by atoms with Crippen LogP contribution in [-0.2, 0) is 6.42 Å². The molecule has 2 aliphatic rings. The molecule has 4 rings (SSSR count). The summed E-state index contributed by atoms with van der Waals surface area (Å²) in [6.45, 7) is 0. The van der Waals surface area contributed by atoms with Crippen molar-refractivity contribution in [3.63, 3.8) is 0 Å². The number of hydrogen-bond donors (Lipinski definition) is 0. The van der Waals surface area contributed by atoms with E-state index in [9.17, 15) is 0 Å². The molecule has 0 bridgehead atoms. The first kappa shape index (κ1) is 12.9. The first-order valence-electron chi connectivity index (χ1n) is 8.29. The molecule has 1 fully saturated rings.